The van der Waals surface area contributed by atoms with E-state index in [0.717, 1.165) is 23.3 Å². The Morgan fingerprint density at radius 1 is 1.17 bits per heavy atom. The van der Waals surface area contributed by atoms with Gasteiger partial charge in [0.15, 0.2) is 0 Å². The second-order valence-electron chi connectivity index (χ2n) is 5.27. The van der Waals surface area contributed by atoms with Crippen molar-refractivity contribution >= 4 is 28.0 Å². The number of anilines is 1. The molecule has 3 aromatic rings. The molecule has 124 valence electrons. The third-order valence-electron chi connectivity index (χ3n) is 3.06. The molecule has 3 heterocycles. The number of hydrogen-bond donors (Lipinski definition) is 1. The third kappa shape index (κ3) is 4.99. The molecule has 0 aliphatic heterocycles. The predicted octanol–water partition coefficient (Wildman–Crippen LogP) is 4.10. The SMILES string of the molecule is CC(C)c1cc(-c2ccnc(N)c2)no1.O=Cc1ccnc(Br)c1. The van der Waals surface area contributed by atoms with Gasteiger partial charge in [0.1, 0.15) is 28.2 Å². The van der Waals surface area contributed by atoms with E-state index in [4.69, 9.17) is 10.3 Å². The van der Waals surface area contributed by atoms with Gasteiger partial charge in [-0.15, -0.1) is 0 Å². The molecule has 0 aromatic carbocycles. The summed E-state index contributed by atoms with van der Waals surface area (Å²) in [7, 11) is 0. The van der Waals surface area contributed by atoms with Crippen molar-refractivity contribution in [1.29, 1.82) is 0 Å². The fourth-order valence-corrected chi connectivity index (χ4v) is 2.18. The van der Waals surface area contributed by atoms with E-state index in [9.17, 15) is 4.79 Å². The number of nitrogens with zero attached hydrogens (tertiary/aromatic N) is 3. The Bertz CT molecular complexity index is 818. The average molecular weight is 389 g/mol. The Morgan fingerprint density at radius 2 is 1.92 bits per heavy atom. The highest BCUT2D eigenvalue weighted by atomic mass is 79.9. The van der Waals surface area contributed by atoms with Crippen molar-refractivity contribution in [3.63, 3.8) is 0 Å². The van der Waals surface area contributed by atoms with Crippen LogP contribution in [-0.4, -0.2) is 21.4 Å². The maximum absolute atomic E-state index is 10.1. The van der Waals surface area contributed by atoms with Crippen LogP contribution in [0.1, 0.15) is 35.9 Å². The van der Waals surface area contributed by atoms with E-state index >= 15 is 0 Å². The van der Waals surface area contributed by atoms with E-state index in [0.29, 0.717) is 21.9 Å². The Labute approximate surface area is 148 Å². The van der Waals surface area contributed by atoms with E-state index in [1.54, 1.807) is 30.6 Å². The van der Waals surface area contributed by atoms with E-state index in [-0.39, 0.29) is 0 Å². The number of nitrogen functional groups attached to an aromatic ring is 1. The van der Waals surface area contributed by atoms with Crippen LogP contribution >= 0.6 is 15.9 Å². The molecule has 0 aliphatic carbocycles. The normalized spacial score (nSPS) is 10.2. The molecule has 3 aromatic heterocycles. The summed E-state index contributed by atoms with van der Waals surface area (Å²) < 4.78 is 5.90. The second-order valence-corrected chi connectivity index (χ2v) is 6.08. The smallest absolute Gasteiger partial charge is 0.150 e. The summed E-state index contributed by atoms with van der Waals surface area (Å²) in [4.78, 5) is 17.9. The van der Waals surface area contributed by atoms with Crippen molar-refractivity contribution in [1.82, 2.24) is 15.1 Å². The zero-order chi connectivity index (χ0) is 17.5. The maximum atomic E-state index is 10.1. The topological polar surface area (TPSA) is 94.9 Å². The lowest BCUT2D eigenvalue weighted by atomic mass is 10.1. The van der Waals surface area contributed by atoms with Crippen LogP contribution in [0.2, 0.25) is 0 Å². The Kier molecular flexibility index (Phi) is 6.20. The molecular formula is C17H17BrN4O2. The maximum Gasteiger partial charge on any atom is 0.150 e. The first-order chi connectivity index (χ1) is 11.5. The highest BCUT2D eigenvalue weighted by molar-refractivity contribution is 9.10. The number of rotatable bonds is 3. The summed E-state index contributed by atoms with van der Waals surface area (Å²) >= 11 is 3.13. The van der Waals surface area contributed by atoms with E-state index < -0.39 is 0 Å². The lowest BCUT2D eigenvalue weighted by molar-refractivity contribution is 0.112. The van der Waals surface area contributed by atoms with Crippen LogP contribution in [0.5, 0.6) is 0 Å². The largest absolute Gasteiger partial charge is 0.384 e. The molecule has 0 saturated carbocycles. The molecule has 7 heteroatoms. The molecule has 0 spiro atoms. The van der Waals surface area contributed by atoms with Gasteiger partial charge in [-0.2, -0.15) is 0 Å². The first kappa shape index (κ1) is 17.8. The van der Waals surface area contributed by atoms with Crippen molar-refractivity contribution < 1.29 is 9.32 Å². The molecule has 0 radical (unpaired) electrons. The van der Waals surface area contributed by atoms with Crippen molar-refractivity contribution in [2.75, 3.05) is 5.73 Å². The number of aromatic nitrogens is 3. The quantitative estimate of drug-likeness (QED) is 0.535. The molecular weight excluding hydrogens is 372 g/mol. The van der Waals surface area contributed by atoms with Gasteiger partial charge in [-0.3, -0.25) is 4.79 Å². The zero-order valence-electron chi connectivity index (χ0n) is 13.3. The summed E-state index contributed by atoms with van der Waals surface area (Å²) in [6, 6.07) is 8.88. The van der Waals surface area contributed by atoms with Crippen LogP contribution < -0.4 is 5.73 Å². The van der Waals surface area contributed by atoms with Gasteiger partial charge in [-0.25, -0.2) is 9.97 Å². The molecule has 6 nitrogen and oxygen atoms in total. The lowest BCUT2D eigenvalue weighted by Crippen LogP contribution is -1.89. The summed E-state index contributed by atoms with van der Waals surface area (Å²) in [5.41, 5.74) is 7.96. The van der Waals surface area contributed by atoms with Crippen LogP contribution in [0.15, 0.2) is 51.9 Å². The van der Waals surface area contributed by atoms with Crippen LogP contribution in [-0.2, 0) is 0 Å². The molecule has 0 fully saturated rings. The van der Waals surface area contributed by atoms with Crippen LogP contribution in [0.4, 0.5) is 5.82 Å². The monoisotopic (exact) mass is 388 g/mol. The molecule has 0 unspecified atom stereocenters. The zero-order valence-corrected chi connectivity index (χ0v) is 14.9. The summed E-state index contributed by atoms with van der Waals surface area (Å²) in [6.07, 6.45) is 4.02. The number of hydrogen-bond acceptors (Lipinski definition) is 6. The second kappa shape index (κ2) is 8.35. The molecule has 0 bridgehead atoms. The van der Waals surface area contributed by atoms with Crippen molar-refractivity contribution in [2.45, 2.75) is 19.8 Å². The van der Waals surface area contributed by atoms with Crippen LogP contribution in [0.25, 0.3) is 11.3 Å². The summed E-state index contributed by atoms with van der Waals surface area (Å²) in [5, 5.41) is 3.99. The molecule has 0 saturated heterocycles. The molecule has 0 atom stereocenters. The number of aldehydes is 1. The van der Waals surface area contributed by atoms with E-state index in [1.807, 2.05) is 12.1 Å². The highest BCUT2D eigenvalue weighted by Gasteiger charge is 2.09. The van der Waals surface area contributed by atoms with Gasteiger partial charge in [0.2, 0.25) is 0 Å². The molecule has 24 heavy (non-hydrogen) atoms. The van der Waals surface area contributed by atoms with Crippen molar-refractivity contribution in [3.05, 3.63) is 58.7 Å². The van der Waals surface area contributed by atoms with Gasteiger partial charge in [-0.05, 0) is 40.2 Å². The van der Waals surface area contributed by atoms with Gasteiger partial charge in [-0.1, -0.05) is 19.0 Å². The number of carbonyl (C=O) groups excluding carboxylic acids is 1. The Hall–Kier alpha value is -2.54. The summed E-state index contributed by atoms with van der Waals surface area (Å²) in [6.45, 7) is 4.12. The molecule has 0 amide bonds. The van der Waals surface area contributed by atoms with Gasteiger partial charge in [0.25, 0.3) is 0 Å². The standard InChI is InChI=1S/C11H13N3O.C6H4BrNO/c1-7(2)10-6-9(14-15-10)8-3-4-13-11(12)5-8;7-6-3-5(4-9)1-2-8-6/h3-7H,1-2H3,(H2,12,13);1-4H. The van der Waals surface area contributed by atoms with Gasteiger partial charge in [0, 0.05) is 35.5 Å². The minimum atomic E-state index is 0.338. The first-order valence-electron chi connectivity index (χ1n) is 7.25. The fraction of sp³-hybridized carbons (Fsp3) is 0.176. The predicted molar refractivity (Wildman–Crippen MR) is 95.6 cm³/mol. The van der Waals surface area contributed by atoms with Crippen molar-refractivity contribution in [3.8, 4) is 11.3 Å². The highest BCUT2D eigenvalue weighted by Crippen LogP contribution is 2.23. The third-order valence-corrected chi connectivity index (χ3v) is 3.49. The number of pyridine rings is 2. The number of halogens is 1. The van der Waals surface area contributed by atoms with E-state index in [2.05, 4.69) is 44.9 Å². The van der Waals surface area contributed by atoms with E-state index in [1.165, 1.54) is 0 Å². The molecule has 3 rings (SSSR count). The minimum Gasteiger partial charge on any atom is -0.384 e. The molecule has 0 aliphatic rings. The van der Waals surface area contributed by atoms with Gasteiger partial charge < -0.3 is 10.3 Å². The number of nitrogens with two attached hydrogens (primary N) is 1. The number of carbonyl (C=O) groups is 1. The van der Waals surface area contributed by atoms with Crippen LogP contribution in [0.3, 0.4) is 0 Å². The minimum absolute atomic E-state index is 0.338. The summed E-state index contributed by atoms with van der Waals surface area (Å²) in [5.74, 6) is 1.70. The fourth-order valence-electron chi connectivity index (χ4n) is 1.80. The lowest BCUT2D eigenvalue weighted by Gasteiger charge is -1.96. The van der Waals surface area contributed by atoms with Gasteiger partial charge >= 0.3 is 0 Å². The van der Waals surface area contributed by atoms with Gasteiger partial charge in [0.05, 0.1) is 0 Å². The average Bonchev–Trinajstić information content (AvgIpc) is 3.06. The Balaban J connectivity index is 0.000000198. The van der Waals surface area contributed by atoms with Crippen LogP contribution in [0, 0.1) is 0 Å². The molecule has 2 N–H and O–H groups in total. The van der Waals surface area contributed by atoms with Crippen molar-refractivity contribution in [2.24, 2.45) is 0 Å². The Morgan fingerprint density at radius 3 is 2.46 bits per heavy atom. The first-order valence-corrected chi connectivity index (χ1v) is 8.04.